The molecule has 0 bridgehead atoms. The predicted octanol–water partition coefficient (Wildman–Crippen LogP) is 3.76. The minimum absolute atomic E-state index is 0.120. The van der Waals surface area contributed by atoms with Crippen molar-refractivity contribution in [2.24, 2.45) is 0 Å². The number of nitrogens with zero attached hydrogens (tertiary/aromatic N) is 1. The number of thiazole rings is 1. The Kier molecular flexibility index (Phi) is 4.81. The van der Waals surface area contributed by atoms with Crippen LogP contribution in [-0.4, -0.2) is 16.7 Å². The smallest absolute Gasteiger partial charge is 0.250 e. The zero-order chi connectivity index (χ0) is 14.5. The number of benzene rings is 1. The first-order valence-corrected chi connectivity index (χ1v) is 7.43. The van der Waals surface area contributed by atoms with Crippen LogP contribution in [0, 0.1) is 0 Å². The van der Waals surface area contributed by atoms with Gasteiger partial charge in [0.25, 0.3) is 0 Å². The van der Waals surface area contributed by atoms with Gasteiger partial charge in [-0.1, -0.05) is 34.1 Å². The summed E-state index contributed by atoms with van der Waals surface area (Å²) in [5.74, 6) is -0.407. The molecule has 0 aliphatic rings. The maximum absolute atomic E-state index is 11.7. The maximum atomic E-state index is 11.7. The van der Waals surface area contributed by atoms with E-state index in [1.54, 1.807) is 11.5 Å². The van der Waals surface area contributed by atoms with Crippen LogP contribution in [0.1, 0.15) is 23.0 Å². The summed E-state index contributed by atoms with van der Waals surface area (Å²) in [7, 11) is 0. The van der Waals surface area contributed by atoms with Gasteiger partial charge in [-0.3, -0.25) is 14.9 Å². The SMILES string of the molecule is CC(=O)c1csc(NC(=O)/C=C/c2ccccc2Br)n1. The van der Waals surface area contributed by atoms with Gasteiger partial charge in [-0.15, -0.1) is 11.3 Å². The molecule has 0 unspecified atom stereocenters. The number of hydrogen-bond donors (Lipinski definition) is 1. The van der Waals surface area contributed by atoms with Crippen molar-refractivity contribution in [1.82, 2.24) is 4.98 Å². The van der Waals surface area contributed by atoms with Crippen molar-refractivity contribution in [2.75, 3.05) is 5.32 Å². The number of hydrogen-bond acceptors (Lipinski definition) is 4. The van der Waals surface area contributed by atoms with Gasteiger partial charge in [-0.05, 0) is 17.7 Å². The number of rotatable bonds is 4. The fraction of sp³-hybridized carbons (Fsp3) is 0.0714. The molecule has 6 heteroatoms. The third-order valence-electron chi connectivity index (χ3n) is 2.41. The molecule has 0 saturated heterocycles. The van der Waals surface area contributed by atoms with E-state index in [0.29, 0.717) is 10.8 Å². The lowest BCUT2D eigenvalue weighted by molar-refractivity contribution is -0.111. The Morgan fingerprint density at radius 2 is 2.10 bits per heavy atom. The van der Waals surface area contributed by atoms with Crippen molar-refractivity contribution in [1.29, 1.82) is 0 Å². The number of ketones is 1. The maximum Gasteiger partial charge on any atom is 0.250 e. The van der Waals surface area contributed by atoms with Crippen LogP contribution in [0.25, 0.3) is 6.08 Å². The molecule has 1 heterocycles. The first-order valence-electron chi connectivity index (χ1n) is 5.76. The zero-order valence-electron chi connectivity index (χ0n) is 10.6. The molecule has 0 saturated carbocycles. The molecule has 102 valence electrons. The molecule has 1 aromatic heterocycles. The molecular formula is C14H11BrN2O2S. The standard InChI is InChI=1S/C14H11BrN2O2S/c1-9(18)12-8-20-14(16-12)17-13(19)7-6-10-4-2-3-5-11(10)15/h2-8H,1H3,(H,16,17,19)/b7-6+. The number of carbonyl (C=O) groups excluding carboxylic acids is 2. The molecule has 0 aliphatic heterocycles. The summed E-state index contributed by atoms with van der Waals surface area (Å²) in [4.78, 5) is 26.9. The number of halogens is 1. The number of aromatic nitrogens is 1. The molecule has 4 nitrogen and oxygen atoms in total. The van der Waals surface area contributed by atoms with Gasteiger partial charge in [-0.25, -0.2) is 4.98 Å². The molecule has 2 aromatic rings. The van der Waals surface area contributed by atoms with Crippen LogP contribution >= 0.6 is 27.3 Å². The number of nitrogens with one attached hydrogen (secondary N) is 1. The van der Waals surface area contributed by atoms with Crippen LogP contribution in [0.2, 0.25) is 0 Å². The number of amides is 1. The van der Waals surface area contributed by atoms with Crippen LogP contribution in [0.3, 0.4) is 0 Å². The Morgan fingerprint density at radius 1 is 1.35 bits per heavy atom. The van der Waals surface area contributed by atoms with Gasteiger partial charge in [0.2, 0.25) is 5.91 Å². The van der Waals surface area contributed by atoms with E-state index in [1.165, 1.54) is 24.3 Å². The minimum Gasteiger partial charge on any atom is -0.298 e. The lowest BCUT2D eigenvalue weighted by atomic mass is 10.2. The van der Waals surface area contributed by atoms with E-state index in [9.17, 15) is 9.59 Å². The Hall–Kier alpha value is -1.79. The summed E-state index contributed by atoms with van der Waals surface area (Å²) < 4.78 is 0.914. The van der Waals surface area contributed by atoms with E-state index in [0.717, 1.165) is 10.0 Å². The molecule has 0 atom stereocenters. The first-order chi connectivity index (χ1) is 9.56. The van der Waals surface area contributed by atoms with Crippen LogP contribution in [-0.2, 0) is 4.79 Å². The highest BCUT2D eigenvalue weighted by atomic mass is 79.9. The summed E-state index contributed by atoms with van der Waals surface area (Å²) in [6.45, 7) is 1.44. The molecule has 0 aliphatic carbocycles. The van der Waals surface area contributed by atoms with E-state index in [-0.39, 0.29) is 11.7 Å². The van der Waals surface area contributed by atoms with Gasteiger partial charge in [0.15, 0.2) is 10.9 Å². The van der Waals surface area contributed by atoms with Gasteiger partial charge in [0.1, 0.15) is 5.69 Å². The third kappa shape index (κ3) is 3.85. The molecule has 2 rings (SSSR count). The summed E-state index contributed by atoms with van der Waals surface area (Å²) in [6.07, 6.45) is 3.13. The van der Waals surface area contributed by atoms with Crippen LogP contribution in [0.15, 0.2) is 40.2 Å². The lowest BCUT2D eigenvalue weighted by Gasteiger charge is -1.98. The highest BCUT2D eigenvalue weighted by Gasteiger charge is 2.07. The van der Waals surface area contributed by atoms with Gasteiger partial charge in [0, 0.05) is 22.9 Å². The Morgan fingerprint density at radius 3 is 2.75 bits per heavy atom. The molecule has 0 radical (unpaired) electrons. The van der Waals surface area contributed by atoms with Crippen molar-refractivity contribution < 1.29 is 9.59 Å². The molecule has 0 spiro atoms. The highest BCUT2D eigenvalue weighted by molar-refractivity contribution is 9.10. The van der Waals surface area contributed by atoms with Crippen LogP contribution in [0.5, 0.6) is 0 Å². The van der Waals surface area contributed by atoms with Gasteiger partial charge < -0.3 is 0 Å². The zero-order valence-corrected chi connectivity index (χ0v) is 13.0. The van der Waals surface area contributed by atoms with Crippen molar-refractivity contribution in [3.05, 3.63) is 51.5 Å². The first kappa shape index (κ1) is 14.6. The molecule has 20 heavy (non-hydrogen) atoms. The largest absolute Gasteiger partial charge is 0.298 e. The summed E-state index contributed by atoms with van der Waals surface area (Å²) in [5, 5.41) is 4.66. The summed E-state index contributed by atoms with van der Waals surface area (Å²) in [5.41, 5.74) is 1.27. The predicted molar refractivity (Wildman–Crippen MR) is 83.9 cm³/mol. The summed E-state index contributed by atoms with van der Waals surface area (Å²) >= 11 is 4.63. The fourth-order valence-corrected chi connectivity index (χ4v) is 2.59. The minimum atomic E-state index is -0.287. The molecule has 0 fully saturated rings. The normalized spacial score (nSPS) is 10.7. The van der Waals surface area contributed by atoms with Crippen LogP contribution < -0.4 is 5.32 Å². The second kappa shape index (κ2) is 6.58. The van der Waals surface area contributed by atoms with Crippen molar-refractivity contribution in [3.8, 4) is 0 Å². The van der Waals surface area contributed by atoms with E-state index in [4.69, 9.17) is 0 Å². The molecule has 1 amide bonds. The topological polar surface area (TPSA) is 59.1 Å². The van der Waals surface area contributed by atoms with Gasteiger partial charge in [-0.2, -0.15) is 0 Å². The average molecular weight is 351 g/mol. The van der Waals surface area contributed by atoms with E-state index in [1.807, 2.05) is 24.3 Å². The number of carbonyl (C=O) groups is 2. The van der Waals surface area contributed by atoms with Crippen molar-refractivity contribution in [2.45, 2.75) is 6.92 Å². The second-order valence-electron chi connectivity index (χ2n) is 3.94. The van der Waals surface area contributed by atoms with Crippen molar-refractivity contribution in [3.63, 3.8) is 0 Å². The monoisotopic (exact) mass is 350 g/mol. The van der Waals surface area contributed by atoms with E-state index >= 15 is 0 Å². The second-order valence-corrected chi connectivity index (χ2v) is 5.65. The Balaban J connectivity index is 2.02. The average Bonchev–Trinajstić information content (AvgIpc) is 2.86. The number of Topliss-reactive ketones (excluding diaryl/α,β-unsaturated/α-hetero) is 1. The van der Waals surface area contributed by atoms with Crippen LogP contribution in [0.4, 0.5) is 5.13 Å². The van der Waals surface area contributed by atoms with Crippen molar-refractivity contribution >= 4 is 50.2 Å². The molecular weight excluding hydrogens is 340 g/mol. The molecule has 1 aromatic carbocycles. The molecule has 1 N–H and O–H groups in total. The van der Waals surface area contributed by atoms with Gasteiger partial charge >= 0.3 is 0 Å². The quantitative estimate of drug-likeness (QED) is 0.674. The Labute approximate surface area is 128 Å². The Bertz CT molecular complexity index is 679. The van der Waals surface area contributed by atoms with Gasteiger partial charge in [0.05, 0.1) is 0 Å². The third-order valence-corrected chi connectivity index (χ3v) is 3.89. The van der Waals surface area contributed by atoms with E-state index < -0.39 is 0 Å². The lowest BCUT2D eigenvalue weighted by Crippen LogP contribution is -2.07. The van der Waals surface area contributed by atoms with E-state index in [2.05, 4.69) is 26.2 Å². The fourth-order valence-electron chi connectivity index (χ4n) is 1.42. The summed E-state index contributed by atoms with van der Waals surface area (Å²) in [6, 6.07) is 7.59. The highest BCUT2D eigenvalue weighted by Crippen LogP contribution is 2.18. The number of anilines is 1.